The van der Waals surface area contributed by atoms with Gasteiger partial charge in [0, 0.05) is 0 Å². The van der Waals surface area contributed by atoms with Crippen molar-refractivity contribution in [2.24, 2.45) is 0 Å². The summed E-state index contributed by atoms with van der Waals surface area (Å²) >= 11 is 0. The summed E-state index contributed by atoms with van der Waals surface area (Å²) in [5.74, 6) is 0. The van der Waals surface area contributed by atoms with Gasteiger partial charge in [0.25, 0.3) is 0 Å². The quantitative estimate of drug-likeness (QED) is 0.515. The predicted molar refractivity (Wildman–Crippen MR) is 48.5 cm³/mol. The van der Waals surface area contributed by atoms with E-state index >= 15 is 0 Å². The van der Waals surface area contributed by atoms with Gasteiger partial charge in [0.2, 0.25) is 0 Å². The smallest absolute Gasteiger partial charge is 0.100 e. The first-order valence-electron chi connectivity index (χ1n) is 4.60. The third-order valence-electron chi connectivity index (χ3n) is 1.65. The summed E-state index contributed by atoms with van der Waals surface area (Å²) in [7, 11) is 0. The van der Waals surface area contributed by atoms with Crippen LogP contribution in [-0.4, -0.2) is 6.17 Å². The topological polar surface area (TPSA) is 0 Å². The van der Waals surface area contributed by atoms with Crippen LogP contribution < -0.4 is 0 Å². The summed E-state index contributed by atoms with van der Waals surface area (Å²) in [5, 5.41) is 0. The molecule has 0 aliphatic carbocycles. The maximum Gasteiger partial charge on any atom is 0.100 e. The molecule has 0 spiro atoms. The van der Waals surface area contributed by atoms with Gasteiger partial charge >= 0.3 is 0 Å². The van der Waals surface area contributed by atoms with E-state index in [0.29, 0.717) is 6.42 Å². The largest absolute Gasteiger partial charge is 0.247 e. The van der Waals surface area contributed by atoms with E-state index < -0.39 is 6.17 Å². The third kappa shape index (κ3) is 7.57. The molecule has 0 saturated carbocycles. The van der Waals surface area contributed by atoms with Crippen LogP contribution in [0.15, 0.2) is 12.2 Å². The Balaban J connectivity index is 3.16. The highest BCUT2D eigenvalue weighted by molar-refractivity contribution is 4.80. The molecule has 0 aliphatic rings. The van der Waals surface area contributed by atoms with Crippen molar-refractivity contribution >= 4 is 0 Å². The lowest BCUT2D eigenvalue weighted by Gasteiger charge is -2.02. The Kier molecular flexibility index (Phi) is 7.54. The highest BCUT2D eigenvalue weighted by atomic mass is 19.1. The molecule has 1 heteroatoms. The zero-order valence-corrected chi connectivity index (χ0v) is 7.65. The molecule has 1 atom stereocenters. The molecule has 0 heterocycles. The first kappa shape index (κ1) is 10.7. The van der Waals surface area contributed by atoms with Crippen LogP contribution >= 0.6 is 0 Å². The minimum Gasteiger partial charge on any atom is -0.247 e. The number of hydrogen-bond acceptors (Lipinski definition) is 0. The van der Waals surface area contributed by atoms with Crippen LogP contribution in [0, 0.1) is 0 Å². The van der Waals surface area contributed by atoms with Crippen molar-refractivity contribution in [1.29, 1.82) is 0 Å². The molecule has 11 heavy (non-hydrogen) atoms. The van der Waals surface area contributed by atoms with Gasteiger partial charge in [0.05, 0.1) is 0 Å². The number of alkyl halides is 1. The van der Waals surface area contributed by atoms with Crippen LogP contribution in [0.3, 0.4) is 0 Å². The first-order valence-corrected chi connectivity index (χ1v) is 4.60. The predicted octanol–water partition coefficient (Wildman–Crippen LogP) is 3.87. The number of halogens is 1. The van der Waals surface area contributed by atoms with E-state index in [1.54, 1.807) is 0 Å². The van der Waals surface area contributed by atoms with Crippen LogP contribution in [0.2, 0.25) is 0 Å². The second kappa shape index (κ2) is 7.77. The standard InChI is InChI=1S/C10H19F/c1-3-5-6-7-9-10(11)8-4-2/h5-6,10H,3-4,7-9H2,1-2H3/b6-5-. The van der Waals surface area contributed by atoms with Gasteiger partial charge in [-0.05, 0) is 25.7 Å². The van der Waals surface area contributed by atoms with Crippen molar-refractivity contribution in [2.75, 3.05) is 0 Å². The van der Waals surface area contributed by atoms with E-state index in [1.807, 2.05) is 6.92 Å². The molecule has 0 nitrogen and oxygen atoms in total. The van der Waals surface area contributed by atoms with E-state index in [4.69, 9.17) is 0 Å². The van der Waals surface area contributed by atoms with Crippen LogP contribution in [0.25, 0.3) is 0 Å². The van der Waals surface area contributed by atoms with Crippen molar-refractivity contribution < 1.29 is 4.39 Å². The van der Waals surface area contributed by atoms with Crippen molar-refractivity contribution in [2.45, 2.75) is 52.1 Å². The molecule has 0 aromatic rings. The lowest BCUT2D eigenvalue weighted by atomic mass is 10.1. The lowest BCUT2D eigenvalue weighted by molar-refractivity contribution is 0.296. The number of hydrogen-bond donors (Lipinski definition) is 0. The normalized spacial score (nSPS) is 14.1. The van der Waals surface area contributed by atoms with Gasteiger partial charge in [-0.1, -0.05) is 32.4 Å². The second-order valence-electron chi connectivity index (χ2n) is 2.84. The highest BCUT2D eigenvalue weighted by Gasteiger charge is 2.01. The molecule has 0 amide bonds. The summed E-state index contributed by atoms with van der Waals surface area (Å²) in [6.07, 6.45) is 7.92. The van der Waals surface area contributed by atoms with Gasteiger partial charge in [-0.15, -0.1) is 0 Å². The Bertz CT molecular complexity index is 97.0. The van der Waals surface area contributed by atoms with Gasteiger partial charge in [-0.3, -0.25) is 0 Å². The fourth-order valence-corrected chi connectivity index (χ4v) is 1.02. The maximum atomic E-state index is 12.8. The molecular formula is C10H19F. The van der Waals surface area contributed by atoms with Crippen LogP contribution in [0.5, 0.6) is 0 Å². The Morgan fingerprint density at radius 2 is 1.91 bits per heavy atom. The molecule has 0 bridgehead atoms. The van der Waals surface area contributed by atoms with Gasteiger partial charge < -0.3 is 0 Å². The van der Waals surface area contributed by atoms with Gasteiger partial charge in [0.15, 0.2) is 0 Å². The van der Waals surface area contributed by atoms with Crippen molar-refractivity contribution in [3.8, 4) is 0 Å². The maximum absolute atomic E-state index is 12.8. The minimum atomic E-state index is -0.582. The van der Waals surface area contributed by atoms with E-state index in [1.165, 1.54) is 0 Å². The molecule has 0 aromatic carbocycles. The molecule has 1 unspecified atom stereocenters. The van der Waals surface area contributed by atoms with Gasteiger partial charge in [-0.25, -0.2) is 4.39 Å². The van der Waals surface area contributed by atoms with Crippen molar-refractivity contribution in [3.05, 3.63) is 12.2 Å². The van der Waals surface area contributed by atoms with E-state index in [2.05, 4.69) is 19.1 Å². The minimum absolute atomic E-state index is 0.582. The van der Waals surface area contributed by atoms with E-state index in [9.17, 15) is 4.39 Å². The average Bonchev–Trinajstić information content (AvgIpc) is 1.99. The molecule has 0 aromatic heterocycles. The zero-order chi connectivity index (χ0) is 8.53. The van der Waals surface area contributed by atoms with E-state index in [0.717, 1.165) is 25.7 Å². The Morgan fingerprint density at radius 3 is 2.45 bits per heavy atom. The summed E-state index contributed by atoms with van der Waals surface area (Å²) in [5.41, 5.74) is 0. The molecule has 66 valence electrons. The van der Waals surface area contributed by atoms with Crippen LogP contribution in [-0.2, 0) is 0 Å². The number of allylic oxidation sites excluding steroid dienone is 2. The summed E-state index contributed by atoms with van der Waals surface area (Å²) < 4.78 is 12.8. The molecule has 0 saturated heterocycles. The summed E-state index contributed by atoms with van der Waals surface area (Å²) in [6.45, 7) is 4.12. The van der Waals surface area contributed by atoms with Gasteiger partial charge in [-0.2, -0.15) is 0 Å². The van der Waals surface area contributed by atoms with Gasteiger partial charge in [0.1, 0.15) is 6.17 Å². The monoisotopic (exact) mass is 158 g/mol. The van der Waals surface area contributed by atoms with Crippen molar-refractivity contribution in [1.82, 2.24) is 0 Å². The number of rotatable bonds is 6. The zero-order valence-electron chi connectivity index (χ0n) is 7.65. The fraction of sp³-hybridized carbons (Fsp3) is 0.800. The SMILES string of the molecule is CC/C=C\CCC(F)CCC. The molecule has 0 aliphatic heterocycles. The van der Waals surface area contributed by atoms with E-state index in [-0.39, 0.29) is 0 Å². The molecule has 0 rings (SSSR count). The second-order valence-corrected chi connectivity index (χ2v) is 2.84. The Morgan fingerprint density at radius 1 is 1.18 bits per heavy atom. The molecule has 0 N–H and O–H groups in total. The van der Waals surface area contributed by atoms with Crippen LogP contribution in [0.1, 0.15) is 46.0 Å². The average molecular weight is 158 g/mol. The highest BCUT2D eigenvalue weighted by Crippen LogP contribution is 2.08. The summed E-state index contributed by atoms with van der Waals surface area (Å²) in [6, 6.07) is 0. The molecule has 0 radical (unpaired) electrons. The van der Waals surface area contributed by atoms with Crippen molar-refractivity contribution in [3.63, 3.8) is 0 Å². The Labute approximate surface area is 69.5 Å². The molecule has 0 fully saturated rings. The lowest BCUT2D eigenvalue weighted by Crippen LogP contribution is -1.97. The Hall–Kier alpha value is -0.330. The first-order chi connectivity index (χ1) is 5.31. The molecular weight excluding hydrogens is 139 g/mol. The summed E-state index contributed by atoms with van der Waals surface area (Å²) in [4.78, 5) is 0. The fourth-order valence-electron chi connectivity index (χ4n) is 1.02. The van der Waals surface area contributed by atoms with Crippen LogP contribution in [0.4, 0.5) is 4.39 Å². The third-order valence-corrected chi connectivity index (χ3v) is 1.65.